The number of aromatic nitrogens is 1. The number of aliphatic carboxylic acids is 1. The van der Waals surface area contributed by atoms with Crippen LogP contribution in [0.4, 0.5) is 19.0 Å². The molecule has 0 aliphatic carbocycles. The third-order valence-electron chi connectivity index (χ3n) is 2.74. The molecule has 19 heavy (non-hydrogen) atoms. The molecule has 0 aromatic carbocycles. The molecule has 0 saturated carbocycles. The fourth-order valence-corrected chi connectivity index (χ4v) is 1.77. The number of hydrogen-bond acceptors (Lipinski definition) is 4. The van der Waals surface area contributed by atoms with Gasteiger partial charge in [0.1, 0.15) is 5.82 Å². The number of nitrogens with zero attached hydrogens (tertiary/aromatic N) is 2. The van der Waals surface area contributed by atoms with Gasteiger partial charge in [-0.05, 0) is 12.1 Å². The molecule has 0 bridgehead atoms. The largest absolute Gasteiger partial charge is 0.479 e. The summed E-state index contributed by atoms with van der Waals surface area (Å²) in [6.07, 6.45) is -4.44. The van der Waals surface area contributed by atoms with E-state index in [1.165, 1.54) is 4.90 Å². The molecule has 1 N–H and O–H groups in total. The van der Waals surface area contributed by atoms with Gasteiger partial charge in [0.2, 0.25) is 0 Å². The average molecular weight is 276 g/mol. The Hall–Kier alpha value is -1.83. The molecule has 104 valence electrons. The first-order valence-corrected chi connectivity index (χ1v) is 5.50. The molecular formula is C11H11F3N2O3. The van der Waals surface area contributed by atoms with Crippen LogP contribution in [0.15, 0.2) is 18.3 Å². The van der Waals surface area contributed by atoms with E-state index < -0.39 is 23.8 Å². The summed E-state index contributed by atoms with van der Waals surface area (Å²) in [5.41, 5.74) is -0.809. The normalized spacial score (nSPS) is 20.4. The van der Waals surface area contributed by atoms with E-state index in [1.807, 2.05) is 0 Å². The summed E-state index contributed by atoms with van der Waals surface area (Å²) in [7, 11) is 0. The van der Waals surface area contributed by atoms with Crippen molar-refractivity contribution < 1.29 is 27.8 Å². The number of alkyl halides is 3. The number of anilines is 1. The number of halogens is 3. The summed E-state index contributed by atoms with van der Waals surface area (Å²) < 4.78 is 42.7. The quantitative estimate of drug-likeness (QED) is 0.884. The zero-order valence-corrected chi connectivity index (χ0v) is 9.72. The van der Waals surface area contributed by atoms with Crippen molar-refractivity contribution in [2.75, 3.05) is 24.6 Å². The molecular weight excluding hydrogens is 265 g/mol. The van der Waals surface area contributed by atoms with E-state index in [0.717, 1.165) is 18.3 Å². The van der Waals surface area contributed by atoms with Crippen molar-refractivity contribution in [3.8, 4) is 0 Å². The lowest BCUT2D eigenvalue weighted by molar-refractivity contribution is -0.151. The van der Waals surface area contributed by atoms with Crippen LogP contribution in [0.3, 0.4) is 0 Å². The predicted octanol–water partition coefficient (Wildman–Crippen LogP) is 1.39. The summed E-state index contributed by atoms with van der Waals surface area (Å²) in [4.78, 5) is 16.1. The Bertz CT molecular complexity index is 478. The number of hydrogen-bond donors (Lipinski definition) is 1. The molecule has 1 saturated heterocycles. The predicted molar refractivity (Wildman–Crippen MR) is 58.8 cm³/mol. The molecule has 1 unspecified atom stereocenters. The number of carboxylic acids is 1. The molecule has 0 spiro atoms. The Morgan fingerprint density at radius 3 is 2.89 bits per heavy atom. The summed E-state index contributed by atoms with van der Waals surface area (Å²) >= 11 is 0. The highest BCUT2D eigenvalue weighted by molar-refractivity contribution is 5.73. The summed E-state index contributed by atoms with van der Waals surface area (Å²) in [5, 5.41) is 8.83. The van der Waals surface area contributed by atoms with Crippen molar-refractivity contribution in [3.05, 3.63) is 23.9 Å². The minimum absolute atomic E-state index is 0.0242. The van der Waals surface area contributed by atoms with Gasteiger partial charge in [-0.1, -0.05) is 0 Å². The Morgan fingerprint density at radius 1 is 1.53 bits per heavy atom. The van der Waals surface area contributed by atoms with Crippen molar-refractivity contribution >= 4 is 11.8 Å². The second-order valence-corrected chi connectivity index (χ2v) is 4.04. The summed E-state index contributed by atoms with van der Waals surface area (Å²) in [5.74, 6) is -1.04. The van der Waals surface area contributed by atoms with E-state index in [-0.39, 0.29) is 19.0 Å². The Labute approximate surface area is 106 Å². The highest BCUT2D eigenvalue weighted by Gasteiger charge is 2.32. The number of ether oxygens (including phenoxy) is 1. The number of pyridine rings is 1. The van der Waals surface area contributed by atoms with E-state index in [1.54, 1.807) is 0 Å². The zero-order chi connectivity index (χ0) is 14.0. The summed E-state index contributed by atoms with van der Waals surface area (Å²) in [6, 6.07) is 1.78. The van der Waals surface area contributed by atoms with Crippen LogP contribution in [-0.2, 0) is 15.7 Å². The standard InChI is InChI=1S/C11H11F3N2O3/c12-11(13,14)7-1-2-15-9(5-7)16-3-4-19-8(6-16)10(17)18/h1-2,5,8H,3-4,6H2,(H,17,18). The molecule has 1 aromatic heterocycles. The van der Waals surface area contributed by atoms with Crippen LogP contribution in [0.25, 0.3) is 0 Å². The van der Waals surface area contributed by atoms with Gasteiger partial charge in [0.15, 0.2) is 6.10 Å². The van der Waals surface area contributed by atoms with Crippen LogP contribution in [0.1, 0.15) is 5.56 Å². The molecule has 1 aliphatic rings. The number of carboxylic acid groups (broad SMARTS) is 1. The van der Waals surface area contributed by atoms with Crippen LogP contribution in [0.2, 0.25) is 0 Å². The maximum absolute atomic E-state index is 12.6. The lowest BCUT2D eigenvalue weighted by Crippen LogP contribution is -2.46. The Morgan fingerprint density at radius 2 is 2.26 bits per heavy atom. The number of rotatable bonds is 2. The first-order chi connectivity index (χ1) is 8.88. The minimum Gasteiger partial charge on any atom is -0.479 e. The second-order valence-electron chi connectivity index (χ2n) is 4.04. The van der Waals surface area contributed by atoms with Crippen LogP contribution < -0.4 is 4.90 Å². The maximum atomic E-state index is 12.6. The first kappa shape index (κ1) is 13.6. The van der Waals surface area contributed by atoms with E-state index in [4.69, 9.17) is 9.84 Å². The molecule has 0 amide bonds. The Balaban J connectivity index is 2.20. The Kier molecular flexibility index (Phi) is 3.61. The SMILES string of the molecule is O=C(O)C1CN(c2cc(C(F)(F)F)ccn2)CCO1. The van der Waals surface area contributed by atoms with Crippen LogP contribution in [0.5, 0.6) is 0 Å². The lowest BCUT2D eigenvalue weighted by Gasteiger charge is -2.31. The van der Waals surface area contributed by atoms with Gasteiger partial charge < -0.3 is 14.7 Å². The van der Waals surface area contributed by atoms with Crippen molar-refractivity contribution in [3.63, 3.8) is 0 Å². The van der Waals surface area contributed by atoms with Gasteiger partial charge in [-0.15, -0.1) is 0 Å². The van der Waals surface area contributed by atoms with Crippen molar-refractivity contribution in [2.24, 2.45) is 0 Å². The fourth-order valence-electron chi connectivity index (χ4n) is 1.77. The monoisotopic (exact) mass is 276 g/mol. The third kappa shape index (κ3) is 3.14. The first-order valence-electron chi connectivity index (χ1n) is 5.50. The molecule has 2 rings (SSSR count). The van der Waals surface area contributed by atoms with Gasteiger partial charge in [0.05, 0.1) is 18.7 Å². The average Bonchev–Trinajstić information content (AvgIpc) is 2.38. The van der Waals surface area contributed by atoms with Crippen LogP contribution in [0, 0.1) is 0 Å². The third-order valence-corrected chi connectivity index (χ3v) is 2.74. The maximum Gasteiger partial charge on any atom is 0.416 e. The molecule has 2 heterocycles. The van der Waals surface area contributed by atoms with Crippen LogP contribution in [-0.4, -0.2) is 41.9 Å². The van der Waals surface area contributed by atoms with Crippen molar-refractivity contribution in [1.29, 1.82) is 0 Å². The van der Waals surface area contributed by atoms with Gasteiger partial charge in [-0.2, -0.15) is 13.2 Å². The molecule has 0 radical (unpaired) electrons. The highest BCUT2D eigenvalue weighted by atomic mass is 19.4. The number of morpholine rings is 1. The van der Waals surface area contributed by atoms with Gasteiger partial charge >= 0.3 is 12.1 Å². The van der Waals surface area contributed by atoms with Crippen molar-refractivity contribution in [1.82, 2.24) is 4.98 Å². The van der Waals surface area contributed by atoms with E-state index >= 15 is 0 Å². The topological polar surface area (TPSA) is 62.7 Å². The van der Waals surface area contributed by atoms with Crippen molar-refractivity contribution in [2.45, 2.75) is 12.3 Å². The molecule has 8 heteroatoms. The zero-order valence-electron chi connectivity index (χ0n) is 9.72. The highest BCUT2D eigenvalue weighted by Crippen LogP contribution is 2.31. The van der Waals surface area contributed by atoms with Gasteiger partial charge in [-0.25, -0.2) is 9.78 Å². The number of carbonyl (C=O) groups is 1. The lowest BCUT2D eigenvalue weighted by atomic mass is 10.2. The second kappa shape index (κ2) is 5.04. The van der Waals surface area contributed by atoms with E-state index in [9.17, 15) is 18.0 Å². The van der Waals surface area contributed by atoms with Gasteiger partial charge in [0, 0.05) is 12.7 Å². The molecule has 1 atom stereocenters. The molecule has 1 fully saturated rings. The molecule has 1 aliphatic heterocycles. The van der Waals surface area contributed by atoms with Crippen LogP contribution >= 0.6 is 0 Å². The minimum atomic E-state index is -4.45. The fraction of sp³-hybridized carbons (Fsp3) is 0.455. The molecule has 5 nitrogen and oxygen atoms in total. The van der Waals surface area contributed by atoms with Gasteiger partial charge in [0.25, 0.3) is 0 Å². The van der Waals surface area contributed by atoms with E-state index in [2.05, 4.69) is 4.98 Å². The van der Waals surface area contributed by atoms with E-state index in [0.29, 0.717) is 6.54 Å². The summed E-state index contributed by atoms with van der Waals surface area (Å²) in [6.45, 7) is 0.413. The van der Waals surface area contributed by atoms with Gasteiger partial charge in [-0.3, -0.25) is 0 Å². The smallest absolute Gasteiger partial charge is 0.416 e. The molecule has 1 aromatic rings.